The molecule has 0 unspecified atom stereocenters. The molecule has 0 radical (unpaired) electrons. The van der Waals surface area contributed by atoms with Gasteiger partial charge in [0.2, 0.25) is 0 Å². The van der Waals surface area contributed by atoms with Crippen LogP contribution in [0.3, 0.4) is 0 Å². The second-order valence-corrected chi connectivity index (χ2v) is 8.97. The monoisotopic (exact) mass is 435 g/mol. The summed E-state index contributed by atoms with van der Waals surface area (Å²) in [6, 6.07) is 4.38. The Kier molecular flexibility index (Phi) is 7.43. The maximum Gasteiger partial charge on any atom is 0.191 e. The van der Waals surface area contributed by atoms with Crippen molar-refractivity contribution < 1.29 is 4.74 Å². The number of ether oxygens (including phenoxy) is 1. The quantitative estimate of drug-likeness (QED) is 0.374. The standard InChI is InChI=1S/C16H26IN3OS/c1-18-15(19-10-6-13-4-5-14(17)22-13)20-12-16(7-3-8-16)9-11-21-2/h4-5H,3,6-12H2,1-2H3,(H2,18,19,20). The van der Waals surface area contributed by atoms with E-state index in [2.05, 4.69) is 50.3 Å². The SMILES string of the molecule is CN=C(NCCc1ccc(I)s1)NCC1(CCOC)CCC1. The number of nitrogens with zero attached hydrogens (tertiary/aromatic N) is 1. The van der Waals surface area contributed by atoms with Crippen LogP contribution in [0.2, 0.25) is 0 Å². The maximum absolute atomic E-state index is 5.25. The number of aliphatic imine (C=N–C) groups is 1. The zero-order chi connectivity index (χ0) is 15.8. The molecule has 1 aromatic rings. The molecule has 2 rings (SSSR count). The second kappa shape index (κ2) is 9.08. The van der Waals surface area contributed by atoms with Crippen LogP contribution in [0.1, 0.15) is 30.6 Å². The number of methoxy groups -OCH3 is 1. The lowest BCUT2D eigenvalue weighted by molar-refractivity contribution is 0.0732. The molecular formula is C16H26IN3OS. The Bertz CT molecular complexity index is 485. The molecule has 6 heteroatoms. The zero-order valence-corrected chi connectivity index (χ0v) is 16.4. The van der Waals surface area contributed by atoms with Gasteiger partial charge in [0.1, 0.15) is 0 Å². The Labute approximate surface area is 151 Å². The van der Waals surface area contributed by atoms with E-state index < -0.39 is 0 Å². The van der Waals surface area contributed by atoms with E-state index in [-0.39, 0.29) is 0 Å². The van der Waals surface area contributed by atoms with Gasteiger partial charge in [0.05, 0.1) is 2.88 Å². The fourth-order valence-electron chi connectivity index (χ4n) is 2.79. The zero-order valence-electron chi connectivity index (χ0n) is 13.5. The van der Waals surface area contributed by atoms with Gasteiger partial charge >= 0.3 is 0 Å². The minimum atomic E-state index is 0.414. The summed E-state index contributed by atoms with van der Waals surface area (Å²) in [6.07, 6.45) is 6.13. The molecule has 4 nitrogen and oxygen atoms in total. The molecule has 1 heterocycles. The van der Waals surface area contributed by atoms with Gasteiger partial charge in [-0.2, -0.15) is 0 Å². The third kappa shape index (κ3) is 5.38. The van der Waals surface area contributed by atoms with E-state index in [1.54, 1.807) is 7.11 Å². The molecule has 2 N–H and O–H groups in total. The predicted molar refractivity (Wildman–Crippen MR) is 103 cm³/mol. The molecule has 0 amide bonds. The van der Waals surface area contributed by atoms with Crippen LogP contribution in [0.25, 0.3) is 0 Å². The maximum atomic E-state index is 5.25. The van der Waals surface area contributed by atoms with Crippen molar-refractivity contribution in [2.24, 2.45) is 10.4 Å². The molecule has 1 aliphatic carbocycles. The summed E-state index contributed by atoms with van der Waals surface area (Å²) in [4.78, 5) is 5.75. The number of thiophene rings is 1. The highest BCUT2D eigenvalue weighted by molar-refractivity contribution is 14.1. The lowest BCUT2D eigenvalue weighted by atomic mass is 9.67. The van der Waals surface area contributed by atoms with Crippen LogP contribution in [0.4, 0.5) is 0 Å². The predicted octanol–water partition coefficient (Wildman–Crippen LogP) is 3.27. The van der Waals surface area contributed by atoms with E-state index in [0.29, 0.717) is 5.41 Å². The van der Waals surface area contributed by atoms with E-state index in [1.807, 2.05) is 18.4 Å². The first-order valence-corrected chi connectivity index (χ1v) is 9.75. The molecule has 1 aromatic heterocycles. The van der Waals surface area contributed by atoms with Gasteiger partial charge in [0.25, 0.3) is 0 Å². The van der Waals surface area contributed by atoms with Crippen molar-refractivity contribution >= 4 is 39.9 Å². The van der Waals surface area contributed by atoms with Crippen LogP contribution in [-0.2, 0) is 11.2 Å². The summed E-state index contributed by atoms with van der Waals surface area (Å²) in [5.74, 6) is 0.912. The van der Waals surface area contributed by atoms with E-state index in [1.165, 1.54) is 27.0 Å². The number of guanidine groups is 1. The summed E-state index contributed by atoms with van der Waals surface area (Å²) >= 11 is 4.23. The van der Waals surface area contributed by atoms with E-state index in [0.717, 1.165) is 38.5 Å². The lowest BCUT2D eigenvalue weighted by Gasteiger charge is -2.42. The minimum Gasteiger partial charge on any atom is -0.385 e. The Morgan fingerprint density at radius 1 is 1.41 bits per heavy atom. The Morgan fingerprint density at radius 3 is 2.77 bits per heavy atom. The molecule has 0 aliphatic heterocycles. The van der Waals surface area contributed by atoms with E-state index in [9.17, 15) is 0 Å². The smallest absolute Gasteiger partial charge is 0.191 e. The van der Waals surface area contributed by atoms with E-state index in [4.69, 9.17) is 4.74 Å². The number of hydrogen-bond donors (Lipinski definition) is 2. The van der Waals surface area contributed by atoms with Crippen molar-refractivity contribution in [3.63, 3.8) is 0 Å². The average molecular weight is 435 g/mol. The van der Waals surface area contributed by atoms with Crippen LogP contribution >= 0.6 is 33.9 Å². The highest BCUT2D eigenvalue weighted by atomic mass is 127. The van der Waals surface area contributed by atoms with Gasteiger partial charge in [-0.3, -0.25) is 4.99 Å². The number of nitrogens with one attached hydrogen (secondary N) is 2. The first-order valence-electron chi connectivity index (χ1n) is 7.85. The first kappa shape index (κ1) is 18.0. The first-order chi connectivity index (χ1) is 10.7. The van der Waals surface area contributed by atoms with Crippen molar-refractivity contribution in [1.29, 1.82) is 0 Å². The molecule has 1 fully saturated rings. The summed E-state index contributed by atoms with van der Waals surface area (Å²) in [6.45, 7) is 2.76. The molecular weight excluding hydrogens is 409 g/mol. The summed E-state index contributed by atoms with van der Waals surface area (Å²) in [5, 5.41) is 6.91. The number of rotatable bonds is 8. The van der Waals surface area contributed by atoms with Gasteiger partial charge in [-0.15, -0.1) is 11.3 Å². The Hall–Kier alpha value is -0.340. The van der Waals surface area contributed by atoms with Gasteiger partial charge in [0, 0.05) is 38.7 Å². The highest BCUT2D eigenvalue weighted by Gasteiger charge is 2.36. The largest absolute Gasteiger partial charge is 0.385 e. The Morgan fingerprint density at radius 2 is 2.23 bits per heavy atom. The van der Waals surface area contributed by atoms with Crippen LogP contribution in [-0.4, -0.2) is 39.8 Å². The van der Waals surface area contributed by atoms with Crippen molar-refractivity contribution in [3.05, 3.63) is 19.9 Å². The summed E-state index contributed by atoms with van der Waals surface area (Å²) in [7, 11) is 3.62. The van der Waals surface area contributed by atoms with Crippen molar-refractivity contribution in [3.8, 4) is 0 Å². The third-order valence-electron chi connectivity index (χ3n) is 4.40. The van der Waals surface area contributed by atoms with Crippen LogP contribution in [0.15, 0.2) is 17.1 Å². The van der Waals surface area contributed by atoms with Crippen molar-refractivity contribution in [2.75, 3.05) is 33.9 Å². The number of hydrogen-bond acceptors (Lipinski definition) is 3. The van der Waals surface area contributed by atoms with E-state index >= 15 is 0 Å². The van der Waals surface area contributed by atoms with Crippen LogP contribution in [0.5, 0.6) is 0 Å². The second-order valence-electron chi connectivity index (χ2n) is 5.90. The third-order valence-corrected chi connectivity index (χ3v) is 6.35. The molecule has 0 saturated heterocycles. The number of halogens is 1. The van der Waals surface area contributed by atoms with Crippen LogP contribution in [0, 0.1) is 8.30 Å². The van der Waals surface area contributed by atoms with Gasteiger partial charge in [-0.05, 0) is 65.8 Å². The molecule has 124 valence electrons. The summed E-state index contributed by atoms with van der Waals surface area (Å²) < 4.78 is 6.60. The highest BCUT2D eigenvalue weighted by Crippen LogP contribution is 2.43. The van der Waals surface area contributed by atoms with Crippen molar-refractivity contribution in [2.45, 2.75) is 32.1 Å². The topological polar surface area (TPSA) is 45.7 Å². The average Bonchev–Trinajstić information content (AvgIpc) is 2.89. The van der Waals surface area contributed by atoms with Crippen LogP contribution < -0.4 is 10.6 Å². The molecule has 0 atom stereocenters. The lowest BCUT2D eigenvalue weighted by Crippen LogP contribution is -2.47. The molecule has 0 spiro atoms. The van der Waals surface area contributed by atoms with Crippen molar-refractivity contribution in [1.82, 2.24) is 10.6 Å². The molecule has 1 saturated carbocycles. The van der Waals surface area contributed by atoms with Gasteiger partial charge < -0.3 is 15.4 Å². The van der Waals surface area contributed by atoms with Gasteiger partial charge in [-0.1, -0.05) is 6.42 Å². The molecule has 1 aliphatic rings. The molecule has 0 aromatic carbocycles. The summed E-state index contributed by atoms with van der Waals surface area (Å²) in [5.41, 5.74) is 0.414. The normalized spacial score (nSPS) is 17.1. The molecule has 22 heavy (non-hydrogen) atoms. The van der Waals surface area contributed by atoms with Gasteiger partial charge in [0.15, 0.2) is 5.96 Å². The fraction of sp³-hybridized carbons (Fsp3) is 0.688. The minimum absolute atomic E-state index is 0.414. The van der Waals surface area contributed by atoms with Gasteiger partial charge in [-0.25, -0.2) is 0 Å². The fourth-order valence-corrected chi connectivity index (χ4v) is 4.55. The molecule has 0 bridgehead atoms. The Balaban J connectivity index is 1.70.